The zero-order valence-electron chi connectivity index (χ0n) is 11.7. The predicted octanol–water partition coefficient (Wildman–Crippen LogP) is 2.85. The van der Waals surface area contributed by atoms with Gasteiger partial charge in [-0.1, -0.05) is 18.2 Å². The Labute approximate surface area is 113 Å². The van der Waals surface area contributed by atoms with E-state index in [9.17, 15) is 4.39 Å². The fourth-order valence-electron chi connectivity index (χ4n) is 2.31. The van der Waals surface area contributed by atoms with Crippen molar-refractivity contribution >= 4 is 0 Å². The molecule has 102 valence electrons. The molecule has 2 rings (SSSR count). The van der Waals surface area contributed by atoms with Crippen LogP contribution in [-0.4, -0.2) is 16.6 Å². The Morgan fingerprint density at radius 1 is 1.42 bits per heavy atom. The maximum Gasteiger partial charge on any atom is 0.130 e. The molecule has 2 aromatic rings. The van der Waals surface area contributed by atoms with Crippen LogP contribution in [-0.2, 0) is 13.0 Å². The van der Waals surface area contributed by atoms with Crippen molar-refractivity contribution in [3.8, 4) is 0 Å². The summed E-state index contributed by atoms with van der Waals surface area (Å²) in [4.78, 5) is 4.35. The fraction of sp³-hybridized carbons (Fsp3) is 0.400. The molecule has 0 amide bonds. The number of benzene rings is 1. The zero-order chi connectivity index (χ0) is 13.8. The van der Waals surface area contributed by atoms with Crippen molar-refractivity contribution in [3.05, 3.63) is 53.4 Å². The molecule has 0 aliphatic carbocycles. The molecule has 4 heteroatoms. The SMILES string of the molecule is CCn1ccnc1CC(NC)c1cccc(C)c1F. The van der Waals surface area contributed by atoms with E-state index in [2.05, 4.69) is 21.8 Å². The van der Waals surface area contributed by atoms with Crippen molar-refractivity contribution in [2.45, 2.75) is 32.9 Å². The molecule has 0 fully saturated rings. The van der Waals surface area contributed by atoms with E-state index in [-0.39, 0.29) is 11.9 Å². The van der Waals surface area contributed by atoms with Gasteiger partial charge in [0.15, 0.2) is 0 Å². The van der Waals surface area contributed by atoms with Crippen LogP contribution >= 0.6 is 0 Å². The van der Waals surface area contributed by atoms with Crippen molar-refractivity contribution in [1.82, 2.24) is 14.9 Å². The van der Waals surface area contributed by atoms with Gasteiger partial charge in [0.2, 0.25) is 0 Å². The first-order valence-electron chi connectivity index (χ1n) is 6.59. The number of aromatic nitrogens is 2. The molecule has 0 aliphatic rings. The van der Waals surface area contributed by atoms with E-state index >= 15 is 0 Å². The number of nitrogens with zero attached hydrogens (tertiary/aromatic N) is 2. The van der Waals surface area contributed by atoms with E-state index in [0.717, 1.165) is 12.4 Å². The normalized spacial score (nSPS) is 12.6. The lowest BCUT2D eigenvalue weighted by Gasteiger charge is -2.18. The molecule has 0 radical (unpaired) electrons. The standard InChI is InChI=1S/C15H20FN3/c1-4-19-9-8-18-14(19)10-13(17-3)12-7-5-6-11(2)15(12)16/h5-9,13,17H,4,10H2,1-3H3. The molecule has 0 bridgehead atoms. The van der Waals surface area contributed by atoms with E-state index in [1.165, 1.54) is 0 Å². The maximum absolute atomic E-state index is 14.2. The third-order valence-corrected chi connectivity index (χ3v) is 3.47. The largest absolute Gasteiger partial charge is 0.335 e. The highest BCUT2D eigenvalue weighted by Gasteiger charge is 2.17. The number of likely N-dealkylation sites (N-methyl/N-ethyl adjacent to an activating group) is 1. The number of imidazole rings is 1. The molecule has 0 saturated heterocycles. The number of nitrogens with one attached hydrogen (secondary N) is 1. The van der Waals surface area contributed by atoms with Gasteiger partial charge in [-0.25, -0.2) is 9.37 Å². The lowest BCUT2D eigenvalue weighted by atomic mass is 10.0. The summed E-state index contributed by atoms with van der Waals surface area (Å²) in [5, 5.41) is 3.18. The van der Waals surface area contributed by atoms with Crippen LogP contribution in [0.1, 0.15) is 29.9 Å². The molecule has 19 heavy (non-hydrogen) atoms. The summed E-state index contributed by atoms with van der Waals surface area (Å²) in [7, 11) is 1.85. The predicted molar refractivity (Wildman–Crippen MR) is 74.5 cm³/mol. The number of aryl methyl sites for hydroxylation is 2. The molecule has 1 atom stereocenters. The molecule has 0 saturated carbocycles. The zero-order valence-corrected chi connectivity index (χ0v) is 11.7. The van der Waals surface area contributed by atoms with Crippen LogP contribution in [0.4, 0.5) is 4.39 Å². The molecule has 1 aromatic carbocycles. The number of hydrogen-bond acceptors (Lipinski definition) is 2. The van der Waals surface area contributed by atoms with Crippen LogP contribution < -0.4 is 5.32 Å². The fourth-order valence-corrected chi connectivity index (χ4v) is 2.31. The first-order valence-corrected chi connectivity index (χ1v) is 6.59. The Morgan fingerprint density at radius 3 is 2.89 bits per heavy atom. The van der Waals surface area contributed by atoms with Gasteiger partial charge in [0.25, 0.3) is 0 Å². The second-order valence-electron chi connectivity index (χ2n) is 4.65. The van der Waals surface area contributed by atoms with Crippen molar-refractivity contribution in [2.75, 3.05) is 7.05 Å². The lowest BCUT2D eigenvalue weighted by Crippen LogP contribution is -2.22. The maximum atomic E-state index is 14.2. The van der Waals surface area contributed by atoms with E-state index in [0.29, 0.717) is 17.5 Å². The third kappa shape index (κ3) is 2.84. The molecule has 1 aromatic heterocycles. The second kappa shape index (κ2) is 5.97. The summed E-state index contributed by atoms with van der Waals surface area (Å²) >= 11 is 0. The summed E-state index contributed by atoms with van der Waals surface area (Å²) in [6.45, 7) is 4.74. The van der Waals surface area contributed by atoms with E-state index in [4.69, 9.17) is 0 Å². The molecule has 0 spiro atoms. The van der Waals surface area contributed by atoms with Crippen molar-refractivity contribution < 1.29 is 4.39 Å². The molecular formula is C15H20FN3. The molecular weight excluding hydrogens is 241 g/mol. The van der Waals surface area contributed by atoms with Gasteiger partial charge in [-0.3, -0.25) is 0 Å². The minimum absolute atomic E-state index is 0.0624. The molecule has 3 nitrogen and oxygen atoms in total. The van der Waals surface area contributed by atoms with Gasteiger partial charge in [-0.2, -0.15) is 0 Å². The van der Waals surface area contributed by atoms with Crippen LogP contribution in [0.15, 0.2) is 30.6 Å². The monoisotopic (exact) mass is 261 g/mol. The van der Waals surface area contributed by atoms with Crippen LogP contribution in [0.2, 0.25) is 0 Å². The van der Waals surface area contributed by atoms with Crippen LogP contribution in [0, 0.1) is 12.7 Å². The minimum Gasteiger partial charge on any atom is -0.335 e. The molecule has 1 N–H and O–H groups in total. The number of rotatable bonds is 5. The average molecular weight is 261 g/mol. The summed E-state index contributed by atoms with van der Waals surface area (Å²) in [5.74, 6) is 0.846. The van der Waals surface area contributed by atoms with Crippen LogP contribution in [0.3, 0.4) is 0 Å². The lowest BCUT2D eigenvalue weighted by molar-refractivity contribution is 0.511. The molecule has 0 aliphatic heterocycles. The van der Waals surface area contributed by atoms with Crippen molar-refractivity contribution in [3.63, 3.8) is 0 Å². The summed E-state index contributed by atoms with van der Waals surface area (Å²) in [6.07, 6.45) is 4.42. The second-order valence-corrected chi connectivity index (χ2v) is 4.65. The Morgan fingerprint density at radius 2 is 2.21 bits per heavy atom. The van der Waals surface area contributed by atoms with Crippen molar-refractivity contribution in [1.29, 1.82) is 0 Å². The molecule has 1 heterocycles. The van der Waals surface area contributed by atoms with Gasteiger partial charge in [-0.15, -0.1) is 0 Å². The van der Waals surface area contributed by atoms with Gasteiger partial charge >= 0.3 is 0 Å². The first kappa shape index (κ1) is 13.7. The Bertz CT molecular complexity index is 548. The van der Waals surface area contributed by atoms with Gasteiger partial charge < -0.3 is 9.88 Å². The Kier molecular flexibility index (Phi) is 4.32. The van der Waals surface area contributed by atoms with Gasteiger partial charge in [0, 0.05) is 37.0 Å². The Balaban J connectivity index is 2.28. The highest BCUT2D eigenvalue weighted by Crippen LogP contribution is 2.22. The smallest absolute Gasteiger partial charge is 0.130 e. The number of halogens is 1. The van der Waals surface area contributed by atoms with E-state index in [1.807, 2.05) is 25.4 Å². The van der Waals surface area contributed by atoms with Gasteiger partial charge in [0.1, 0.15) is 11.6 Å². The first-order chi connectivity index (χ1) is 9.17. The summed E-state index contributed by atoms with van der Waals surface area (Å²) in [5.41, 5.74) is 1.38. The molecule has 1 unspecified atom stereocenters. The summed E-state index contributed by atoms with van der Waals surface area (Å²) < 4.78 is 16.3. The minimum atomic E-state index is -0.128. The highest BCUT2D eigenvalue weighted by atomic mass is 19.1. The summed E-state index contributed by atoms with van der Waals surface area (Å²) in [6, 6.07) is 5.46. The topological polar surface area (TPSA) is 29.9 Å². The quantitative estimate of drug-likeness (QED) is 0.897. The average Bonchev–Trinajstić information content (AvgIpc) is 2.87. The van der Waals surface area contributed by atoms with Crippen LogP contribution in [0.5, 0.6) is 0 Å². The van der Waals surface area contributed by atoms with Gasteiger partial charge in [-0.05, 0) is 26.5 Å². The Hall–Kier alpha value is -1.68. The number of hydrogen-bond donors (Lipinski definition) is 1. The third-order valence-electron chi connectivity index (χ3n) is 3.47. The van der Waals surface area contributed by atoms with E-state index in [1.54, 1.807) is 19.2 Å². The van der Waals surface area contributed by atoms with Crippen LogP contribution in [0.25, 0.3) is 0 Å². The van der Waals surface area contributed by atoms with E-state index < -0.39 is 0 Å². The van der Waals surface area contributed by atoms with Gasteiger partial charge in [0.05, 0.1) is 0 Å². The van der Waals surface area contributed by atoms with Crippen molar-refractivity contribution in [2.24, 2.45) is 0 Å². The highest BCUT2D eigenvalue weighted by molar-refractivity contribution is 5.28.